The summed E-state index contributed by atoms with van der Waals surface area (Å²) in [5, 5.41) is 48.9. The molecule has 0 bridgehead atoms. The molecule has 9 nitrogen and oxygen atoms in total. The Morgan fingerprint density at radius 2 is 1.57 bits per heavy atom. The van der Waals surface area contributed by atoms with Gasteiger partial charge >= 0.3 is 0 Å². The lowest BCUT2D eigenvalue weighted by atomic mass is 9.97. The lowest BCUT2D eigenvalue weighted by Gasteiger charge is -2.44. The Balaban J connectivity index is 2.07. The summed E-state index contributed by atoms with van der Waals surface area (Å²) in [6, 6.07) is 0. The van der Waals surface area contributed by atoms with Crippen LogP contribution in [0.2, 0.25) is 0 Å². The quantitative estimate of drug-likeness (QED) is 0.364. The van der Waals surface area contributed by atoms with Crippen molar-refractivity contribution in [2.75, 3.05) is 20.3 Å². The van der Waals surface area contributed by atoms with Crippen molar-refractivity contribution >= 4 is 0 Å². The van der Waals surface area contributed by atoms with Crippen LogP contribution in [0.5, 0.6) is 0 Å². The Morgan fingerprint density at radius 1 is 0.957 bits per heavy atom. The van der Waals surface area contributed by atoms with Gasteiger partial charge in [0.25, 0.3) is 0 Å². The third-order valence-electron chi connectivity index (χ3n) is 4.32. The van der Waals surface area contributed by atoms with E-state index in [2.05, 4.69) is 0 Å². The molecule has 0 saturated carbocycles. The first-order valence-corrected chi connectivity index (χ1v) is 7.68. The van der Waals surface area contributed by atoms with Gasteiger partial charge in [0.1, 0.15) is 36.6 Å². The first-order chi connectivity index (χ1) is 10.9. The number of aliphatic hydroxyl groups is 5. The van der Waals surface area contributed by atoms with E-state index in [0.717, 1.165) is 0 Å². The van der Waals surface area contributed by atoms with E-state index in [-0.39, 0.29) is 12.7 Å². The topological polar surface area (TPSA) is 138 Å². The molecule has 5 N–H and O–H groups in total. The van der Waals surface area contributed by atoms with Crippen LogP contribution in [0.15, 0.2) is 0 Å². The summed E-state index contributed by atoms with van der Waals surface area (Å²) in [6.07, 6.45) is -8.18. The van der Waals surface area contributed by atoms with E-state index in [1.54, 1.807) is 6.92 Å². The molecule has 2 aliphatic rings. The van der Waals surface area contributed by atoms with Crippen LogP contribution in [0, 0.1) is 0 Å². The second kappa shape index (κ2) is 8.15. The molecule has 136 valence electrons. The third-order valence-corrected chi connectivity index (χ3v) is 4.32. The molecular formula is C14H26O9. The minimum atomic E-state index is -1.30. The summed E-state index contributed by atoms with van der Waals surface area (Å²) >= 11 is 0. The van der Waals surface area contributed by atoms with Crippen molar-refractivity contribution in [1.82, 2.24) is 0 Å². The van der Waals surface area contributed by atoms with Crippen molar-refractivity contribution < 1.29 is 44.5 Å². The van der Waals surface area contributed by atoms with Crippen LogP contribution in [0.25, 0.3) is 0 Å². The van der Waals surface area contributed by atoms with E-state index in [4.69, 9.17) is 18.9 Å². The molecule has 0 aromatic carbocycles. The van der Waals surface area contributed by atoms with Gasteiger partial charge in [0.2, 0.25) is 0 Å². The minimum absolute atomic E-state index is 0.251. The lowest BCUT2D eigenvalue weighted by Crippen LogP contribution is -2.61. The molecule has 23 heavy (non-hydrogen) atoms. The summed E-state index contributed by atoms with van der Waals surface area (Å²) < 4.78 is 21.5. The molecule has 0 radical (unpaired) electrons. The molecule has 2 heterocycles. The Kier molecular flexibility index (Phi) is 6.72. The summed E-state index contributed by atoms with van der Waals surface area (Å²) in [6.45, 7) is 0.943. The Bertz CT molecular complexity index is 368. The third kappa shape index (κ3) is 4.01. The van der Waals surface area contributed by atoms with Crippen molar-refractivity contribution in [3.63, 3.8) is 0 Å². The molecule has 0 spiro atoms. The number of aliphatic hydroxyl groups excluding tert-OH is 5. The minimum Gasteiger partial charge on any atom is -0.394 e. The first-order valence-electron chi connectivity index (χ1n) is 7.68. The molecule has 2 aliphatic heterocycles. The maximum atomic E-state index is 10.2. The highest BCUT2D eigenvalue weighted by atomic mass is 16.7. The Labute approximate surface area is 134 Å². The number of rotatable bonds is 5. The zero-order chi connectivity index (χ0) is 17.1. The van der Waals surface area contributed by atoms with E-state index in [1.807, 2.05) is 0 Å². The smallest absolute Gasteiger partial charge is 0.187 e. The predicted molar refractivity (Wildman–Crippen MR) is 75.5 cm³/mol. The van der Waals surface area contributed by atoms with Gasteiger partial charge in [0, 0.05) is 13.5 Å². The summed E-state index contributed by atoms with van der Waals surface area (Å²) in [4.78, 5) is 0. The van der Waals surface area contributed by atoms with Crippen molar-refractivity contribution in [3.05, 3.63) is 0 Å². The number of hydrogen-bond donors (Lipinski definition) is 5. The van der Waals surface area contributed by atoms with Crippen LogP contribution >= 0.6 is 0 Å². The highest BCUT2D eigenvalue weighted by molar-refractivity contribution is 4.92. The molecule has 0 aliphatic carbocycles. The maximum Gasteiger partial charge on any atom is 0.187 e. The van der Waals surface area contributed by atoms with E-state index in [0.29, 0.717) is 6.42 Å². The van der Waals surface area contributed by atoms with Gasteiger partial charge in [-0.2, -0.15) is 0 Å². The molecule has 9 atom stereocenters. The van der Waals surface area contributed by atoms with E-state index < -0.39 is 55.6 Å². The van der Waals surface area contributed by atoms with Crippen molar-refractivity contribution in [3.8, 4) is 0 Å². The van der Waals surface area contributed by atoms with Crippen molar-refractivity contribution in [1.29, 1.82) is 0 Å². The molecule has 0 aromatic heterocycles. The summed E-state index contributed by atoms with van der Waals surface area (Å²) in [5.74, 6) is 0. The van der Waals surface area contributed by atoms with Gasteiger partial charge in [-0.15, -0.1) is 0 Å². The van der Waals surface area contributed by atoms with E-state index in [1.165, 1.54) is 7.11 Å². The van der Waals surface area contributed by atoms with Gasteiger partial charge in [0.05, 0.1) is 25.4 Å². The van der Waals surface area contributed by atoms with Crippen LogP contribution in [0.4, 0.5) is 0 Å². The SMILES string of the molecule is COC1C(O)[C@H](OC2C[C@H](C)OC(CO)[C@H]2O)OC(CO)[C@H]1O. The molecule has 9 heteroatoms. The van der Waals surface area contributed by atoms with Gasteiger partial charge in [0.15, 0.2) is 6.29 Å². The van der Waals surface area contributed by atoms with Crippen molar-refractivity contribution in [2.45, 2.75) is 68.5 Å². The molecular weight excluding hydrogens is 312 g/mol. The number of hydrogen-bond acceptors (Lipinski definition) is 9. The monoisotopic (exact) mass is 338 g/mol. The van der Waals surface area contributed by atoms with Crippen LogP contribution in [0.3, 0.4) is 0 Å². The fourth-order valence-electron chi connectivity index (χ4n) is 3.04. The number of ether oxygens (including phenoxy) is 4. The highest BCUT2D eigenvalue weighted by Crippen LogP contribution is 2.29. The van der Waals surface area contributed by atoms with Gasteiger partial charge in [-0.1, -0.05) is 0 Å². The standard InChI is InChI=1S/C14H26O9/c1-6-3-7(10(17)8(4-15)21-6)22-14-12(19)13(20-2)11(18)9(5-16)23-14/h6-19H,3-5H2,1-2H3/t6-,7?,8?,9?,10-,11+,12?,13?,14+/m0/s1. The van der Waals surface area contributed by atoms with Gasteiger partial charge in [-0.25, -0.2) is 0 Å². The zero-order valence-corrected chi connectivity index (χ0v) is 13.2. The van der Waals surface area contributed by atoms with E-state index >= 15 is 0 Å². The molecule has 0 amide bonds. The van der Waals surface area contributed by atoms with Crippen LogP contribution in [0.1, 0.15) is 13.3 Å². The normalized spacial score (nSPS) is 48.4. The zero-order valence-electron chi connectivity index (χ0n) is 13.2. The molecule has 2 saturated heterocycles. The van der Waals surface area contributed by atoms with Gasteiger partial charge in [-0.05, 0) is 6.92 Å². The van der Waals surface area contributed by atoms with Crippen LogP contribution < -0.4 is 0 Å². The highest BCUT2D eigenvalue weighted by Gasteiger charge is 2.47. The average molecular weight is 338 g/mol. The first kappa shape index (κ1) is 19.0. The lowest BCUT2D eigenvalue weighted by molar-refractivity contribution is -0.330. The summed E-state index contributed by atoms with van der Waals surface area (Å²) in [5.41, 5.74) is 0. The van der Waals surface area contributed by atoms with Crippen LogP contribution in [-0.4, -0.2) is 101 Å². The second-order valence-corrected chi connectivity index (χ2v) is 5.98. The second-order valence-electron chi connectivity index (χ2n) is 5.98. The maximum absolute atomic E-state index is 10.2. The Morgan fingerprint density at radius 3 is 2.13 bits per heavy atom. The number of methoxy groups -OCH3 is 1. The predicted octanol–water partition coefficient (Wildman–Crippen LogP) is -2.64. The fourth-order valence-corrected chi connectivity index (χ4v) is 3.04. The van der Waals surface area contributed by atoms with Gasteiger partial charge in [-0.3, -0.25) is 0 Å². The molecule has 2 fully saturated rings. The average Bonchev–Trinajstić information content (AvgIpc) is 2.53. The van der Waals surface area contributed by atoms with Gasteiger partial charge < -0.3 is 44.5 Å². The largest absolute Gasteiger partial charge is 0.394 e. The van der Waals surface area contributed by atoms with E-state index in [9.17, 15) is 25.5 Å². The molecule has 2 rings (SSSR count). The molecule has 5 unspecified atom stereocenters. The van der Waals surface area contributed by atoms with Crippen molar-refractivity contribution in [2.24, 2.45) is 0 Å². The fraction of sp³-hybridized carbons (Fsp3) is 1.00. The molecule has 0 aromatic rings. The summed E-state index contributed by atoms with van der Waals surface area (Å²) in [7, 11) is 1.32. The Hall–Kier alpha value is -0.360. The van der Waals surface area contributed by atoms with Crippen LogP contribution in [-0.2, 0) is 18.9 Å².